The van der Waals surface area contributed by atoms with Gasteiger partial charge in [0.2, 0.25) is 11.8 Å². The molecule has 0 saturated carbocycles. The monoisotopic (exact) mass is 174 g/mol. The Kier molecular flexibility index (Phi) is 5.58. The summed E-state index contributed by atoms with van der Waals surface area (Å²) in [6.45, 7) is -0.963. The van der Waals surface area contributed by atoms with E-state index >= 15 is 0 Å². The Balaban J connectivity index is 3.73. The average molecular weight is 174 g/mol. The molecule has 0 spiro atoms. The van der Waals surface area contributed by atoms with E-state index in [1.165, 1.54) is 0 Å². The van der Waals surface area contributed by atoms with Crippen molar-refractivity contribution in [3.05, 3.63) is 12.2 Å². The van der Waals surface area contributed by atoms with Gasteiger partial charge in [-0.05, 0) is 0 Å². The van der Waals surface area contributed by atoms with Crippen LogP contribution >= 0.6 is 0 Å². The maximum Gasteiger partial charge on any atom is 0.245 e. The molecule has 4 N–H and O–H groups in total. The van der Waals surface area contributed by atoms with Crippen LogP contribution in [0, 0.1) is 0 Å². The predicted octanol–water partition coefficient (Wildman–Crippen LogP) is -2.33. The fourth-order valence-electron chi connectivity index (χ4n) is 0.425. The summed E-state index contributed by atoms with van der Waals surface area (Å²) in [7, 11) is 0. The van der Waals surface area contributed by atoms with Crippen LogP contribution in [0.5, 0.6) is 0 Å². The van der Waals surface area contributed by atoms with E-state index in [9.17, 15) is 9.59 Å². The third-order valence-corrected chi connectivity index (χ3v) is 0.893. The van der Waals surface area contributed by atoms with Crippen molar-refractivity contribution < 1.29 is 19.8 Å². The Bertz CT molecular complexity index is 170. The van der Waals surface area contributed by atoms with Gasteiger partial charge < -0.3 is 20.8 Å². The van der Waals surface area contributed by atoms with Crippen molar-refractivity contribution in [2.24, 2.45) is 0 Å². The highest BCUT2D eigenvalue weighted by Gasteiger charge is 1.94. The zero-order chi connectivity index (χ0) is 9.40. The molecule has 0 atom stereocenters. The summed E-state index contributed by atoms with van der Waals surface area (Å²) in [5, 5.41) is 20.5. The molecule has 0 heterocycles. The molecule has 0 unspecified atom stereocenters. The fourth-order valence-corrected chi connectivity index (χ4v) is 0.425. The van der Waals surface area contributed by atoms with Crippen LogP contribution in [0.25, 0.3) is 0 Å². The molecule has 0 aromatic carbocycles. The van der Waals surface area contributed by atoms with E-state index in [2.05, 4.69) is 0 Å². The van der Waals surface area contributed by atoms with Crippen molar-refractivity contribution in [2.45, 2.75) is 0 Å². The van der Waals surface area contributed by atoms with Crippen molar-refractivity contribution in [3.8, 4) is 0 Å². The van der Waals surface area contributed by atoms with Crippen LogP contribution in [0.2, 0.25) is 0 Å². The highest BCUT2D eigenvalue weighted by Crippen LogP contribution is 1.73. The number of rotatable bonds is 4. The Hall–Kier alpha value is -1.40. The van der Waals surface area contributed by atoms with Crippen LogP contribution < -0.4 is 10.6 Å². The van der Waals surface area contributed by atoms with Crippen molar-refractivity contribution in [1.82, 2.24) is 10.6 Å². The number of aliphatic hydroxyl groups is 2. The molecule has 0 radical (unpaired) electrons. The summed E-state index contributed by atoms with van der Waals surface area (Å²) >= 11 is 0. The molecule has 0 aromatic rings. The number of aliphatic hydroxyl groups excluding tert-OH is 2. The second-order valence-corrected chi connectivity index (χ2v) is 1.73. The van der Waals surface area contributed by atoms with Crippen molar-refractivity contribution in [3.63, 3.8) is 0 Å². The van der Waals surface area contributed by atoms with Crippen LogP contribution in [0.15, 0.2) is 12.2 Å². The first-order chi connectivity index (χ1) is 5.70. The van der Waals surface area contributed by atoms with Gasteiger partial charge in [0.05, 0.1) is 0 Å². The Morgan fingerprint density at radius 1 is 1.00 bits per heavy atom. The normalized spacial score (nSPS) is 9.83. The van der Waals surface area contributed by atoms with E-state index in [0.717, 1.165) is 12.2 Å². The predicted molar refractivity (Wildman–Crippen MR) is 39.6 cm³/mol. The van der Waals surface area contributed by atoms with Gasteiger partial charge in [-0.1, -0.05) is 0 Å². The SMILES string of the molecule is O=C(/C=C\C(=O)NCO)NCO. The van der Waals surface area contributed by atoms with Gasteiger partial charge in [-0.2, -0.15) is 0 Å². The van der Waals surface area contributed by atoms with Crippen LogP contribution in [-0.2, 0) is 9.59 Å². The molecule has 0 saturated heterocycles. The zero-order valence-electron chi connectivity index (χ0n) is 6.28. The van der Waals surface area contributed by atoms with Gasteiger partial charge in [0, 0.05) is 12.2 Å². The third kappa shape index (κ3) is 5.39. The lowest BCUT2D eigenvalue weighted by molar-refractivity contribution is -0.119. The quantitative estimate of drug-likeness (QED) is 0.284. The highest BCUT2D eigenvalue weighted by molar-refractivity contribution is 5.96. The van der Waals surface area contributed by atoms with Crippen molar-refractivity contribution in [2.75, 3.05) is 13.5 Å². The van der Waals surface area contributed by atoms with Gasteiger partial charge in [-0.25, -0.2) is 0 Å². The minimum atomic E-state index is -0.578. The Labute approximate surface area is 68.9 Å². The Morgan fingerprint density at radius 2 is 1.33 bits per heavy atom. The molecule has 0 aliphatic carbocycles. The van der Waals surface area contributed by atoms with Gasteiger partial charge in [0.1, 0.15) is 13.5 Å². The van der Waals surface area contributed by atoms with Gasteiger partial charge in [0.25, 0.3) is 0 Å². The third-order valence-electron chi connectivity index (χ3n) is 0.893. The van der Waals surface area contributed by atoms with Gasteiger partial charge in [-0.15, -0.1) is 0 Å². The number of carbonyl (C=O) groups is 2. The van der Waals surface area contributed by atoms with Crippen LogP contribution in [-0.4, -0.2) is 35.5 Å². The highest BCUT2D eigenvalue weighted by atomic mass is 16.3. The first kappa shape index (κ1) is 10.6. The molecule has 0 aliphatic rings. The second kappa shape index (κ2) is 6.32. The molecule has 12 heavy (non-hydrogen) atoms. The summed E-state index contributed by atoms with van der Waals surface area (Å²) in [6.07, 6.45) is 1.89. The van der Waals surface area contributed by atoms with Crippen LogP contribution in [0.1, 0.15) is 0 Å². The van der Waals surface area contributed by atoms with Gasteiger partial charge >= 0.3 is 0 Å². The molecule has 6 nitrogen and oxygen atoms in total. The molecule has 0 fully saturated rings. The first-order valence-corrected chi connectivity index (χ1v) is 3.16. The summed E-state index contributed by atoms with van der Waals surface area (Å²) < 4.78 is 0. The molecular formula is C6H10N2O4. The first-order valence-electron chi connectivity index (χ1n) is 3.16. The van der Waals surface area contributed by atoms with Gasteiger partial charge in [0.15, 0.2) is 0 Å². The fraction of sp³-hybridized carbons (Fsp3) is 0.333. The number of hydrogen-bond acceptors (Lipinski definition) is 4. The van der Waals surface area contributed by atoms with Crippen molar-refractivity contribution in [1.29, 1.82) is 0 Å². The molecule has 6 heteroatoms. The zero-order valence-corrected chi connectivity index (χ0v) is 6.28. The molecule has 0 rings (SSSR count). The summed E-state index contributed by atoms with van der Waals surface area (Å²) in [5.41, 5.74) is 0. The minimum Gasteiger partial charge on any atom is -0.376 e. The summed E-state index contributed by atoms with van der Waals surface area (Å²) in [4.78, 5) is 21.1. The lowest BCUT2D eigenvalue weighted by Gasteiger charge is -1.95. The molecular weight excluding hydrogens is 164 g/mol. The van der Waals surface area contributed by atoms with E-state index in [1.807, 2.05) is 10.6 Å². The molecule has 0 aliphatic heterocycles. The van der Waals surface area contributed by atoms with E-state index in [0.29, 0.717) is 0 Å². The maximum absolute atomic E-state index is 10.6. The number of nitrogens with one attached hydrogen (secondary N) is 2. The van der Waals surface area contributed by atoms with E-state index < -0.39 is 25.3 Å². The van der Waals surface area contributed by atoms with E-state index in [4.69, 9.17) is 10.2 Å². The Morgan fingerprint density at radius 3 is 1.58 bits per heavy atom. The average Bonchev–Trinajstić information content (AvgIpc) is 2.02. The number of carbonyl (C=O) groups excluding carboxylic acids is 2. The molecule has 0 bridgehead atoms. The van der Waals surface area contributed by atoms with E-state index in [-0.39, 0.29) is 0 Å². The number of amides is 2. The van der Waals surface area contributed by atoms with E-state index in [1.54, 1.807) is 0 Å². The lowest BCUT2D eigenvalue weighted by Crippen LogP contribution is -2.24. The van der Waals surface area contributed by atoms with Gasteiger partial charge in [-0.3, -0.25) is 9.59 Å². The van der Waals surface area contributed by atoms with Crippen LogP contribution in [0.4, 0.5) is 0 Å². The minimum absolute atomic E-state index is 0.481. The molecule has 0 aromatic heterocycles. The summed E-state index contributed by atoms with van der Waals surface area (Å²) in [6, 6.07) is 0. The second-order valence-electron chi connectivity index (χ2n) is 1.73. The standard InChI is InChI=1S/C6H10N2O4/c9-3-7-5(11)1-2-6(12)8-4-10/h1-2,9-10H,3-4H2,(H,7,11)(H,8,12)/b2-1-. The van der Waals surface area contributed by atoms with Crippen LogP contribution in [0.3, 0.4) is 0 Å². The smallest absolute Gasteiger partial charge is 0.245 e. The maximum atomic E-state index is 10.6. The van der Waals surface area contributed by atoms with Crippen molar-refractivity contribution >= 4 is 11.8 Å². The topological polar surface area (TPSA) is 98.7 Å². The molecule has 2 amide bonds. The largest absolute Gasteiger partial charge is 0.376 e. The summed E-state index contributed by atoms with van der Waals surface area (Å²) in [5.74, 6) is -1.16. The molecule has 68 valence electrons. The number of hydrogen-bond donors (Lipinski definition) is 4. The lowest BCUT2D eigenvalue weighted by atomic mass is 10.4.